The normalized spacial score (nSPS) is 18.2. The molecule has 0 bridgehead atoms. The van der Waals surface area contributed by atoms with E-state index in [-0.39, 0.29) is 6.10 Å². The molecule has 4 rings (SSSR count). The maximum Gasteiger partial charge on any atom is 0.150 e. The van der Waals surface area contributed by atoms with Crippen molar-refractivity contribution in [3.8, 4) is 0 Å². The lowest BCUT2D eigenvalue weighted by atomic mass is 10.2. The van der Waals surface area contributed by atoms with Crippen LogP contribution in [0.4, 0.5) is 5.82 Å². The molecular formula is C18H21N5O. The second-order valence-corrected chi connectivity index (χ2v) is 6.30. The average molecular weight is 323 g/mol. The van der Waals surface area contributed by atoms with Gasteiger partial charge in [-0.1, -0.05) is 12.1 Å². The lowest BCUT2D eigenvalue weighted by Crippen LogP contribution is -2.45. The van der Waals surface area contributed by atoms with Crippen LogP contribution >= 0.6 is 0 Å². The summed E-state index contributed by atoms with van der Waals surface area (Å²) in [6, 6.07) is 8.00. The van der Waals surface area contributed by atoms with Gasteiger partial charge >= 0.3 is 0 Å². The number of anilines is 1. The molecule has 1 fully saturated rings. The molecule has 6 nitrogen and oxygen atoms in total. The number of aromatic nitrogens is 4. The fraction of sp³-hybridized carbons (Fsp3) is 0.389. The third-order valence-electron chi connectivity index (χ3n) is 4.31. The summed E-state index contributed by atoms with van der Waals surface area (Å²) in [6.07, 6.45) is 4.02. The molecule has 124 valence electrons. The number of hydrogen-bond acceptors (Lipinski definition) is 5. The van der Waals surface area contributed by atoms with Crippen LogP contribution in [0.25, 0.3) is 11.0 Å². The number of hydrogen-bond donors (Lipinski definition) is 0. The minimum atomic E-state index is 0.103. The van der Waals surface area contributed by atoms with Gasteiger partial charge in [-0.15, -0.1) is 0 Å². The molecule has 3 heterocycles. The molecule has 3 aromatic rings. The highest BCUT2D eigenvalue weighted by Gasteiger charge is 2.24. The number of benzene rings is 1. The summed E-state index contributed by atoms with van der Waals surface area (Å²) in [7, 11) is 0. The zero-order chi connectivity index (χ0) is 16.5. The fourth-order valence-corrected chi connectivity index (χ4v) is 3.18. The Morgan fingerprint density at radius 2 is 1.96 bits per heavy atom. The smallest absolute Gasteiger partial charge is 0.150 e. The first-order valence-corrected chi connectivity index (χ1v) is 8.28. The maximum atomic E-state index is 5.92. The number of ether oxygens (including phenoxy) is 1. The summed E-state index contributed by atoms with van der Waals surface area (Å²) in [5.41, 5.74) is 4.00. The molecule has 0 N–H and O–H groups in total. The molecule has 1 unspecified atom stereocenters. The van der Waals surface area contributed by atoms with E-state index in [1.54, 1.807) is 0 Å². The number of morpholine rings is 1. The van der Waals surface area contributed by atoms with Crippen molar-refractivity contribution in [1.82, 2.24) is 19.7 Å². The van der Waals surface area contributed by atoms with Crippen LogP contribution in [0.2, 0.25) is 0 Å². The Morgan fingerprint density at radius 1 is 1.17 bits per heavy atom. The number of para-hydroxylation sites is 2. The van der Waals surface area contributed by atoms with E-state index in [2.05, 4.69) is 10.00 Å². The van der Waals surface area contributed by atoms with E-state index >= 15 is 0 Å². The largest absolute Gasteiger partial charge is 0.373 e. The SMILES string of the molecule is Cc1cnn(CC2CN(c3nc4ccccc4nc3C)CCO2)c1. The maximum absolute atomic E-state index is 5.92. The first-order valence-electron chi connectivity index (χ1n) is 8.28. The molecular weight excluding hydrogens is 302 g/mol. The molecule has 1 aromatic carbocycles. The van der Waals surface area contributed by atoms with Crippen LogP contribution in [0, 0.1) is 13.8 Å². The van der Waals surface area contributed by atoms with Gasteiger partial charge in [-0.3, -0.25) is 4.68 Å². The summed E-state index contributed by atoms with van der Waals surface area (Å²) in [6.45, 7) is 7.15. The van der Waals surface area contributed by atoms with Crippen LogP contribution in [0.5, 0.6) is 0 Å². The highest BCUT2D eigenvalue weighted by molar-refractivity contribution is 5.76. The molecule has 6 heteroatoms. The topological polar surface area (TPSA) is 56.1 Å². The Morgan fingerprint density at radius 3 is 2.71 bits per heavy atom. The van der Waals surface area contributed by atoms with E-state index in [9.17, 15) is 0 Å². The van der Waals surface area contributed by atoms with Crippen LogP contribution in [0.1, 0.15) is 11.3 Å². The highest BCUT2D eigenvalue weighted by Crippen LogP contribution is 2.22. The Kier molecular flexibility index (Phi) is 3.90. The van der Waals surface area contributed by atoms with Gasteiger partial charge in [-0.2, -0.15) is 5.10 Å². The average Bonchev–Trinajstić information content (AvgIpc) is 2.99. The van der Waals surface area contributed by atoms with Gasteiger partial charge in [-0.05, 0) is 31.5 Å². The molecule has 2 aromatic heterocycles. The fourth-order valence-electron chi connectivity index (χ4n) is 3.18. The van der Waals surface area contributed by atoms with Crippen molar-refractivity contribution in [3.05, 3.63) is 47.9 Å². The van der Waals surface area contributed by atoms with Crippen molar-refractivity contribution in [1.29, 1.82) is 0 Å². The van der Waals surface area contributed by atoms with E-state index in [0.717, 1.165) is 42.2 Å². The van der Waals surface area contributed by atoms with Crippen LogP contribution in [0.15, 0.2) is 36.7 Å². The van der Waals surface area contributed by atoms with E-state index < -0.39 is 0 Å². The van der Waals surface area contributed by atoms with Crippen molar-refractivity contribution in [3.63, 3.8) is 0 Å². The molecule has 1 aliphatic heterocycles. The molecule has 1 saturated heterocycles. The molecule has 0 aliphatic carbocycles. The predicted octanol–water partition coefficient (Wildman–Crippen LogP) is 2.35. The Labute approximate surface area is 141 Å². The number of aryl methyl sites for hydroxylation is 2. The highest BCUT2D eigenvalue weighted by atomic mass is 16.5. The quantitative estimate of drug-likeness (QED) is 0.740. The van der Waals surface area contributed by atoms with Gasteiger partial charge in [0.05, 0.1) is 42.2 Å². The lowest BCUT2D eigenvalue weighted by molar-refractivity contribution is 0.0271. The first-order chi connectivity index (χ1) is 11.7. The van der Waals surface area contributed by atoms with Crippen molar-refractivity contribution < 1.29 is 4.74 Å². The lowest BCUT2D eigenvalue weighted by Gasteiger charge is -2.34. The summed E-state index contributed by atoms with van der Waals surface area (Å²) < 4.78 is 7.87. The molecule has 0 amide bonds. The number of rotatable bonds is 3. The third kappa shape index (κ3) is 2.97. The van der Waals surface area contributed by atoms with Crippen LogP contribution < -0.4 is 4.90 Å². The second-order valence-electron chi connectivity index (χ2n) is 6.30. The zero-order valence-corrected chi connectivity index (χ0v) is 14.0. The van der Waals surface area contributed by atoms with E-state index in [1.807, 2.05) is 55.2 Å². The summed E-state index contributed by atoms with van der Waals surface area (Å²) in [5, 5.41) is 4.36. The van der Waals surface area contributed by atoms with Crippen molar-refractivity contribution in [2.75, 3.05) is 24.6 Å². The number of fused-ring (bicyclic) bond motifs is 1. The van der Waals surface area contributed by atoms with Gasteiger partial charge in [-0.25, -0.2) is 9.97 Å². The first kappa shape index (κ1) is 15.1. The Balaban J connectivity index is 1.56. The molecule has 0 saturated carbocycles. The van der Waals surface area contributed by atoms with Crippen molar-refractivity contribution in [2.24, 2.45) is 0 Å². The molecule has 1 atom stereocenters. The monoisotopic (exact) mass is 323 g/mol. The van der Waals surface area contributed by atoms with Crippen molar-refractivity contribution in [2.45, 2.75) is 26.5 Å². The van der Waals surface area contributed by atoms with E-state index in [4.69, 9.17) is 14.7 Å². The van der Waals surface area contributed by atoms with Gasteiger partial charge in [0.25, 0.3) is 0 Å². The Bertz CT molecular complexity index is 859. The molecule has 24 heavy (non-hydrogen) atoms. The van der Waals surface area contributed by atoms with Gasteiger partial charge in [0.2, 0.25) is 0 Å². The van der Waals surface area contributed by atoms with Crippen LogP contribution in [-0.2, 0) is 11.3 Å². The van der Waals surface area contributed by atoms with Gasteiger partial charge in [0, 0.05) is 19.3 Å². The van der Waals surface area contributed by atoms with Gasteiger partial charge in [0.15, 0.2) is 5.82 Å². The number of nitrogens with zero attached hydrogens (tertiary/aromatic N) is 5. The van der Waals surface area contributed by atoms with E-state index in [0.29, 0.717) is 6.61 Å². The predicted molar refractivity (Wildman–Crippen MR) is 93.2 cm³/mol. The summed E-state index contributed by atoms with van der Waals surface area (Å²) >= 11 is 0. The van der Waals surface area contributed by atoms with E-state index in [1.165, 1.54) is 5.56 Å². The molecule has 1 aliphatic rings. The Hall–Kier alpha value is -2.47. The van der Waals surface area contributed by atoms with Crippen LogP contribution in [-0.4, -0.2) is 45.5 Å². The van der Waals surface area contributed by atoms with Gasteiger partial charge < -0.3 is 9.64 Å². The molecule has 0 radical (unpaired) electrons. The van der Waals surface area contributed by atoms with Crippen molar-refractivity contribution >= 4 is 16.9 Å². The minimum Gasteiger partial charge on any atom is -0.373 e. The van der Waals surface area contributed by atoms with Crippen LogP contribution in [0.3, 0.4) is 0 Å². The minimum absolute atomic E-state index is 0.103. The molecule has 0 spiro atoms. The summed E-state index contributed by atoms with van der Waals surface area (Å²) in [5.74, 6) is 0.957. The standard InChI is InChI=1S/C18H21N5O/c1-13-9-19-23(10-13)12-15-11-22(7-8-24-15)18-14(2)20-16-5-3-4-6-17(16)21-18/h3-6,9-10,15H,7-8,11-12H2,1-2H3. The zero-order valence-electron chi connectivity index (χ0n) is 14.0. The summed E-state index contributed by atoms with van der Waals surface area (Å²) in [4.78, 5) is 11.8. The van der Waals surface area contributed by atoms with Gasteiger partial charge in [0.1, 0.15) is 0 Å². The second kappa shape index (κ2) is 6.20. The third-order valence-corrected chi connectivity index (χ3v) is 4.31.